The number of nitrogens with zero attached hydrogens (tertiary/aromatic N) is 3. The molecule has 0 amide bonds. The molecule has 3 heteroatoms. The second-order valence-corrected chi connectivity index (χ2v) is 4.72. The van der Waals surface area contributed by atoms with E-state index in [0.29, 0.717) is 12.0 Å². The first-order valence-electron chi connectivity index (χ1n) is 6.27. The third kappa shape index (κ3) is 1.68. The van der Waals surface area contributed by atoms with E-state index in [-0.39, 0.29) is 0 Å². The molecule has 1 aliphatic rings. The van der Waals surface area contributed by atoms with E-state index < -0.39 is 0 Å². The van der Waals surface area contributed by atoms with Gasteiger partial charge in [0.15, 0.2) is 0 Å². The Morgan fingerprint density at radius 1 is 1.38 bits per heavy atom. The topological polar surface area (TPSA) is 29.0 Å². The summed E-state index contributed by atoms with van der Waals surface area (Å²) in [7, 11) is 0. The van der Waals surface area contributed by atoms with Crippen LogP contribution >= 0.6 is 0 Å². The van der Waals surface area contributed by atoms with Crippen LogP contribution in [-0.4, -0.2) is 22.6 Å². The maximum Gasteiger partial charge on any atom is 0.136 e. The van der Waals surface area contributed by atoms with Crippen LogP contribution in [0.4, 0.5) is 5.82 Å². The summed E-state index contributed by atoms with van der Waals surface area (Å²) in [6.45, 7) is 9.97. The van der Waals surface area contributed by atoms with Crippen LogP contribution in [0.3, 0.4) is 0 Å². The maximum absolute atomic E-state index is 4.48. The molecule has 3 nitrogen and oxygen atoms in total. The minimum Gasteiger partial charge on any atom is -0.353 e. The van der Waals surface area contributed by atoms with E-state index in [1.807, 2.05) is 0 Å². The van der Waals surface area contributed by atoms with Crippen molar-refractivity contribution in [2.24, 2.45) is 0 Å². The van der Waals surface area contributed by atoms with E-state index in [4.69, 9.17) is 0 Å². The highest BCUT2D eigenvalue weighted by atomic mass is 15.2. The molecule has 88 valence electrons. The van der Waals surface area contributed by atoms with Gasteiger partial charge in [0.2, 0.25) is 0 Å². The predicted octanol–water partition coefficient (Wildman–Crippen LogP) is 2.90. The molecule has 0 saturated heterocycles. The molecule has 1 atom stereocenters. The molecular formula is C13H21N3. The normalized spacial score (nSPS) is 19.3. The molecule has 0 radical (unpaired) electrons. The molecule has 1 aliphatic heterocycles. The number of aromatic nitrogens is 2. The first-order valence-corrected chi connectivity index (χ1v) is 6.27. The fraction of sp³-hybridized carbons (Fsp3) is 0.692. The molecule has 0 aliphatic carbocycles. The zero-order valence-electron chi connectivity index (χ0n) is 10.7. The zero-order valence-corrected chi connectivity index (χ0v) is 10.7. The molecule has 2 heterocycles. The van der Waals surface area contributed by atoms with Gasteiger partial charge in [-0.15, -0.1) is 0 Å². The standard InChI is InChI=1S/C13H21N3/c1-5-11(6-2)16-7-9(3)12-10(4)14-8-15-13(12)16/h8-9,11H,5-7H2,1-4H3. The molecule has 1 unspecified atom stereocenters. The molecule has 0 fully saturated rings. The molecule has 0 spiro atoms. The highest BCUT2D eigenvalue weighted by Gasteiger charge is 2.31. The minimum absolute atomic E-state index is 0.566. The van der Waals surface area contributed by atoms with E-state index >= 15 is 0 Å². The number of fused-ring (bicyclic) bond motifs is 1. The van der Waals surface area contributed by atoms with Crippen molar-refractivity contribution in [2.75, 3.05) is 11.4 Å². The Kier molecular flexibility index (Phi) is 3.13. The van der Waals surface area contributed by atoms with Crippen molar-refractivity contribution in [1.29, 1.82) is 0 Å². The van der Waals surface area contributed by atoms with Crippen LogP contribution in [0.5, 0.6) is 0 Å². The quantitative estimate of drug-likeness (QED) is 0.782. The van der Waals surface area contributed by atoms with Crippen LogP contribution in [0.2, 0.25) is 0 Å². The summed E-state index contributed by atoms with van der Waals surface area (Å²) in [6, 6.07) is 0.623. The van der Waals surface area contributed by atoms with E-state index in [2.05, 4.69) is 42.6 Å². The van der Waals surface area contributed by atoms with E-state index in [1.165, 1.54) is 24.2 Å². The molecule has 1 aromatic heterocycles. The lowest BCUT2D eigenvalue weighted by Crippen LogP contribution is -2.33. The zero-order chi connectivity index (χ0) is 11.7. The van der Waals surface area contributed by atoms with E-state index in [1.54, 1.807) is 6.33 Å². The van der Waals surface area contributed by atoms with Gasteiger partial charge in [0.25, 0.3) is 0 Å². The molecule has 1 aromatic rings. The van der Waals surface area contributed by atoms with Gasteiger partial charge in [0, 0.05) is 29.8 Å². The maximum atomic E-state index is 4.48. The lowest BCUT2D eigenvalue weighted by Gasteiger charge is -2.27. The van der Waals surface area contributed by atoms with Crippen LogP contribution in [0.15, 0.2) is 6.33 Å². The minimum atomic E-state index is 0.566. The molecule has 0 aromatic carbocycles. The summed E-state index contributed by atoms with van der Waals surface area (Å²) in [6.07, 6.45) is 4.07. The van der Waals surface area contributed by atoms with Gasteiger partial charge < -0.3 is 4.90 Å². The molecule has 0 N–H and O–H groups in total. The Morgan fingerprint density at radius 2 is 2.06 bits per heavy atom. The smallest absolute Gasteiger partial charge is 0.136 e. The summed E-state index contributed by atoms with van der Waals surface area (Å²) < 4.78 is 0. The SMILES string of the molecule is CCC(CC)N1CC(C)c2c(C)ncnc21. The average molecular weight is 219 g/mol. The fourth-order valence-electron chi connectivity index (χ4n) is 2.80. The van der Waals surface area contributed by atoms with Crippen LogP contribution < -0.4 is 4.90 Å². The first-order chi connectivity index (χ1) is 7.69. The van der Waals surface area contributed by atoms with Crippen molar-refractivity contribution in [2.45, 2.75) is 52.5 Å². The molecule has 2 rings (SSSR count). The van der Waals surface area contributed by atoms with Crippen molar-refractivity contribution in [3.8, 4) is 0 Å². The van der Waals surface area contributed by atoms with Crippen LogP contribution in [-0.2, 0) is 0 Å². The van der Waals surface area contributed by atoms with Crippen molar-refractivity contribution in [3.63, 3.8) is 0 Å². The Morgan fingerprint density at radius 3 is 2.69 bits per heavy atom. The summed E-state index contributed by atoms with van der Waals surface area (Å²) in [5.74, 6) is 1.74. The van der Waals surface area contributed by atoms with Crippen LogP contribution in [0.1, 0.15) is 50.8 Å². The van der Waals surface area contributed by atoms with Gasteiger partial charge in [-0.05, 0) is 19.8 Å². The molecular weight excluding hydrogens is 198 g/mol. The van der Waals surface area contributed by atoms with Crippen molar-refractivity contribution in [1.82, 2.24) is 9.97 Å². The monoisotopic (exact) mass is 219 g/mol. The first kappa shape index (κ1) is 11.4. The predicted molar refractivity (Wildman–Crippen MR) is 66.9 cm³/mol. The second kappa shape index (κ2) is 4.40. The Balaban J connectivity index is 2.39. The Bertz CT molecular complexity index is 371. The summed E-state index contributed by atoms with van der Waals surface area (Å²) in [5, 5.41) is 0. The number of rotatable bonds is 3. The number of hydrogen-bond donors (Lipinski definition) is 0. The summed E-state index contributed by atoms with van der Waals surface area (Å²) >= 11 is 0. The Labute approximate surface area is 97.9 Å². The van der Waals surface area contributed by atoms with E-state index in [0.717, 1.165) is 12.2 Å². The highest BCUT2D eigenvalue weighted by Crippen LogP contribution is 2.37. The molecule has 16 heavy (non-hydrogen) atoms. The van der Waals surface area contributed by atoms with Gasteiger partial charge in [-0.25, -0.2) is 9.97 Å². The summed E-state index contributed by atoms with van der Waals surface area (Å²) in [5.41, 5.74) is 2.50. The number of anilines is 1. The lowest BCUT2D eigenvalue weighted by atomic mass is 10.0. The highest BCUT2D eigenvalue weighted by molar-refractivity contribution is 5.56. The van der Waals surface area contributed by atoms with E-state index in [9.17, 15) is 0 Å². The Hall–Kier alpha value is -1.12. The van der Waals surface area contributed by atoms with Crippen molar-refractivity contribution < 1.29 is 0 Å². The van der Waals surface area contributed by atoms with Crippen molar-refractivity contribution in [3.05, 3.63) is 17.6 Å². The van der Waals surface area contributed by atoms with Gasteiger partial charge in [-0.3, -0.25) is 0 Å². The van der Waals surface area contributed by atoms with Gasteiger partial charge in [0.05, 0.1) is 0 Å². The number of aryl methyl sites for hydroxylation is 1. The molecule has 0 bridgehead atoms. The van der Waals surface area contributed by atoms with Gasteiger partial charge in [0.1, 0.15) is 12.1 Å². The lowest BCUT2D eigenvalue weighted by molar-refractivity contribution is 0.554. The number of hydrogen-bond acceptors (Lipinski definition) is 3. The largest absolute Gasteiger partial charge is 0.353 e. The van der Waals surface area contributed by atoms with Crippen LogP contribution in [0, 0.1) is 6.92 Å². The van der Waals surface area contributed by atoms with Gasteiger partial charge in [-0.2, -0.15) is 0 Å². The van der Waals surface area contributed by atoms with Crippen LogP contribution in [0.25, 0.3) is 0 Å². The second-order valence-electron chi connectivity index (χ2n) is 4.72. The third-order valence-electron chi connectivity index (χ3n) is 3.68. The summed E-state index contributed by atoms with van der Waals surface area (Å²) in [4.78, 5) is 11.3. The fourth-order valence-corrected chi connectivity index (χ4v) is 2.80. The van der Waals surface area contributed by atoms with Crippen molar-refractivity contribution >= 4 is 5.82 Å². The average Bonchev–Trinajstić information content (AvgIpc) is 2.60. The molecule has 0 saturated carbocycles. The third-order valence-corrected chi connectivity index (χ3v) is 3.68. The van der Waals surface area contributed by atoms with Gasteiger partial charge in [-0.1, -0.05) is 20.8 Å². The van der Waals surface area contributed by atoms with Gasteiger partial charge >= 0.3 is 0 Å².